The quantitative estimate of drug-likeness (QED) is 0.839. The summed E-state index contributed by atoms with van der Waals surface area (Å²) >= 11 is 0. The number of hydrogen-bond acceptors (Lipinski definition) is 4. The van der Waals surface area contributed by atoms with Gasteiger partial charge in [-0.1, -0.05) is 0 Å². The van der Waals surface area contributed by atoms with E-state index >= 15 is 0 Å². The maximum Gasteiger partial charge on any atom is 0.254 e. The van der Waals surface area contributed by atoms with E-state index in [4.69, 9.17) is 0 Å². The minimum Gasteiger partial charge on any atom is -0.293 e. The Morgan fingerprint density at radius 3 is 2.88 bits per heavy atom. The van der Waals surface area contributed by atoms with E-state index in [1.807, 2.05) is 19.9 Å². The Bertz CT molecular complexity index is 599. The normalized spacial score (nSPS) is 15.2. The van der Waals surface area contributed by atoms with Crippen molar-refractivity contribution in [3.05, 3.63) is 17.5 Å². The highest BCUT2D eigenvalue weighted by Gasteiger charge is 2.30. The molecule has 2 heterocycles. The number of carbonyl (C=O) groups excluding carboxylic acids is 1. The first-order chi connectivity index (χ1) is 8.13. The van der Waals surface area contributed by atoms with Crippen LogP contribution in [0.4, 0.5) is 5.95 Å². The molecule has 0 bridgehead atoms. The van der Waals surface area contributed by atoms with Crippen LogP contribution in [0.15, 0.2) is 6.07 Å². The highest BCUT2D eigenvalue weighted by molar-refractivity contribution is 5.92. The van der Waals surface area contributed by atoms with Crippen LogP contribution in [-0.2, 0) is 4.79 Å². The molecule has 1 fully saturated rings. The topological polar surface area (TPSA) is 72.2 Å². The van der Waals surface area contributed by atoms with Crippen LogP contribution in [0, 0.1) is 19.8 Å². The standard InChI is InChI=1S/C11H13N5O/c1-6-5-7(2)16-11(12-6)14-10(15-16)13-9(17)8-3-4-8/h5,8H,3-4H2,1-2H3,(H,13,15,17). The number of nitrogens with zero attached hydrogens (tertiary/aromatic N) is 4. The Kier molecular flexibility index (Phi) is 2.10. The summed E-state index contributed by atoms with van der Waals surface area (Å²) in [7, 11) is 0. The first-order valence-electron chi connectivity index (χ1n) is 5.65. The number of amides is 1. The Morgan fingerprint density at radius 2 is 2.18 bits per heavy atom. The lowest BCUT2D eigenvalue weighted by atomic mass is 10.4. The number of hydrogen-bond donors (Lipinski definition) is 1. The number of nitrogens with one attached hydrogen (secondary N) is 1. The van der Waals surface area contributed by atoms with Gasteiger partial charge in [-0.3, -0.25) is 10.1 Å². The molecular weight excluding hydrogens is 218 g/mol. The molecule has 0 saturated heterocycles. The third-order valence-corrected chi connectivity index (χ3v) is 2.80. The second-order valence-electron chi connectivity index (χ2n) is 4.45. The van der Waals surface area contributed by atoms with E-state index in [9.17, 15) is 4.79 Å². The lowest BCUT2D eigenvalue weighted by Gasteiger charge is -1.97. The molecule has 1 amide bonds. The molecule has 1 N–H and O–H groups in total. The van der Waals surface area contributed by atoms with E-state index < -0.39 is 0 Å². The molecule has 1 aliphatic carbocycles. The van der Waals surface area contributed by atoms with Gasteiger partial charge in [0.1, 0.15) is 0 Å². The minimum atomic E-state index is 0.00952. The molecule has 88 valence electrons. The predicted octanol–water partition coefficient (Wildman–Crippen LogP) is 1.09. The van der Waals surface area contributed by atoms with Crippen molar-refractivity contribution in [2.75, 3.05) is 5.32 Å². The van der Waals surface area contributed by atoms with Crippen molar-refractivity contribution in [2.24, 2.45) is 5.92 Å². The van der Waals surface area contributed by atoms with Gasteiger partial charge in [0.25, 0.3) is 11.7 Å². The van der Waals surface area contributed by atoms with E-state index in [0.29, 0.717) is 11.7 Å². The van der Waals surface area contributed by atoms with Crippen LogP contribution in [0.5, 0.6) is 0 Å². The highest BCUT2D eigenvalue weighted by Crippen LogP contribution is 2.29. The summed E-state index contributed by atoms with van der Waals surface area (Å²) in [6.45, 7) is 3.84. The first kappa shape index (κ1) is 10.2. The van der Waals surface area contributed by atoms with Crippen LogP contribution in [-0.4, -0.2) is 25.5 Å². The monoisotopic (exact) mass is 231 g/mol. The van der Waals surface area contributed by atoms with Crippen LogP contribution in [0.1, 0.15) is 24.2 Å². The van der Waals surface area contributed by atoms with E-state index in [2.05, 4.69) is 20.4 Å². The third kappa shape index (κ3) is 1.86. The summed E-state index contributed by atoms with van der Waals surface area (Å²) in [6.07, 6.45) is 1.94. The second-order valence-corrected chi connectivity index (χ2v) is 4.45. The fourth-order valence-corrected chi connectivity index (χ4v) is 1.78. The fourth-order valence-electron chi connectivity index (χ4n) is 1.78. The number of anilines is 1. The Morgan fingerprint density at radius 1 is 1.41 bits per heavy atom. The average molecular weight is 231 g/mol. The van der Waals surface area contributed by atoms with Crippen molar-refractivity contribution in [3.63, 3.8) is 0 Å². The third-order valence-electron chi connectivity index (χ3n) is 2.80. The Labute approximate surface area is 98.1 Å². The fraction of sp³-hybridized carbons (Fsp3) is 0.455. The van der Waals surface area contributed by atoms with Crippen LogP contribution in [0.25, 0.3) is 5.78 Å². The smallest absolute Gasteiger partial charge is 0.254 e. The van der Waals surface area contributed by atoms with Gasteiger partial charge in [0.15, 0.2) is 0 Å². The zero-order chi connectivity index (χ0) is 12.0. The molecule has 2 aromatic heterocycles. The van der Waals surface area contributed by atoms with Gasteiger partial charge in [-0.2, -0.15) is 9.50 Å². The molecule has 3 rings (SSSR count). The van der Waals surface area contributed by atoms with Gasteiger partial charge < -0.3 is 0 Å². The summed E-state index contributed by atoms with van der Waals surface area (Å²) in [5.74, 6) is 1.02. The van der Waals surface area contributed by atoms with Crippen molar-refractivity contribution < 1.29 is 4.79 Å². The maximum absolute atomic E-state index is 11.6. The van der Waals surface area contributed by atoms with Crippen molar-refractivity contribution in [1.82, 2.24) is 19.6 Å². The molecule has 0 spiro atoms. The molecule has 0 aliphatic heterocycles. The van der Waals surface area contributed by atoms with Crippen LogP contribution < -0.4 is 5.32 Å². The summed E-state index contributed by atoms with van der Waals surface area (Å²) in [5.41, 5.74) is 1.84. The molecule has 1 saturated carbocycles. The number of aromatic nitrogens is 4. The number of fused-ring (bicyclic) bond motifs is 1. The maximum atomic E-state index is 11.6. The number of aryl methyl sites for hydroxylation is 2. The van der Waals surface area contributed by atoms with Gasteiger partial charge in [0.2, 0.25) is 5.91 Å². The number of carbonyl (C=O) groups is 1. The molecule has 2 aromatic rings. The van der Waals surface area contributed by atoms with E-state index in [0.717, 1.165) is 24.2 Å². The molecule has 0 unspecified atom stereocenters. The SMILES string of the molecule is Cc1cc(C)n2nc(NC(=O)C3CC3)nc2n1. The van der Waals surface area contributed by atoms with Gasteiger partial charge in [0.05, 0.1) is 0 Å². The molecule has 0 aromatic carbocycles. The van der Waals surface area contributed by atoms with Gasteiger partial charge in [-0.15, -0.1) is 5.10 Å². The zero-order valence-corrected chi connectivity index (χ0v) is 9.77. The van der Waals surface area contributed by atoms with Crippen LogP contribution in [0.3, 0.4) is 0 Å². The Hall–Kier alpha value is -1.98. The van der Waals surface area contributed by atoms with Crippen molar-refractivity contribution in [3.8, 4) is 0 Å². The second kappa shape index (κ2) is 3.51. The molecule has 0 radical (unpaired) electrons. The van der Waals surface area contributed by atoms with Gasteiger partial charge in [-0.25, -0.2) is 4.98 Å². The van der Waals surface area contributed by atoms with Gasteiger partial charge >= 0.3 is 0 Å². The molecule has 6 nitrogen and oxygen atoms in total. The lowest BCUT2D eigenvalue weighted by molar-refractivity contribution is -0.117. The predicted molar refractivity (Wildman–Crippen MR) is 61.6 cm³/mol. The zero-order valence-electron chi connectivity index (χ0n) is 9.77. The minimum absolute atomic E-state index is 0.00952. The summed E-state index contributed by atoms with van der Waals surface area (Å²) in [6, 6.07) is 1.92. The molecular formula is C11H13N5O. The molecule has 0 atom stereocenters. The average Bonchev–Trinajstić information content (AvgIpc) is 3.01. The van der Waals surface area contributed by atoms with Crippen molar-refractivity contribution in [2.45, 2.75) is 26.7 Å². The largest absolute Gasteiger partial charge is 0.293 e. The van der Waals surface area contributed by atoms with E-state index in [1.54, 1.807) is 4.52 Å². The van der Waals surface area contributed by atoms with Crippen molar-refractivity contribution in [1.29, 1.82) is 0 Å². The van der Waals surface area contributed by atoms with Crippen LogP contribution in [0.2, 0.25) is 0 Å². The highest BCUT2D eigenvalue weighted by atomic mass is 16.2. The first-order valence-corrected chi connectivity index (χ1v) is 5.65. The summed E-state index contributed by atoms with van der Waals surface area (Å²) < 4.78 is 1.63. The van der Waals surface area contributed by atoms with Gasteiger partial charge in [-0.05, 0) is 32.8 Å². The van der Waals surface area contributed by atoms with Crippen molar-refractivity contribution >= 4 is 17.6 Å². The number of rotatable bonds is 2. The molecule has 6 heteroatoms. The Balaban J connectivity index is 1.95. The summed E-state index contributed by atoms with van der Waals surface area (Å²) in [4.78, 5) is 20.0. The molecule has 17 heavy (non-hydrogen) atoms. The van der Waals surface area contributed by atoms with E-state index in [1.165, 1.54) is 0 Å². The van der Waals surface area contributed by atoms with Crippen LogP contribution >= 0.6 is 0 Å². The summed E-state index contributed by atoms with van der Waals surface area (Å²) in [5, 5.41) is 6.93. The lowest BCUT2D eigenvalue weighted by Crippen LogP contribution is -2.14. The van der Waals surface area contributed by atoms with E-state index in [-0.39, 0.29) is 11.8 Å². The molecule has 1 aliphatic rings. The van der Waals surface area contributed by atoms with Gasteiger partial charge in [0, 0.05) is 17.3 Å².